The van der Waals surface area contributed by atoms with Crippen molar-refractivity contribution in [3.05, 3.63) is 59.7 Å². The molecule has 0 aromatic heterocycles. The van der Waals surface area contributed by atoms with Gasteiger partial charge >= 0.3 is 0 Å². The first-order valence-corrected chi connectivity index (χ1v) is 11.0. The minimum atomic E-state index is -0.691. The molecule has 3 rings (SSSR count). The predicted octanol–water partition coefficient (Wildman–Crippen LogP) is 3.74. The maximum atomic E-state index is 12.9. The summed E-state index contributed by atoms with van der Waals surface area (Å²) < 4.78 is 5.93. The van der Waals surface area contributed by atoms with E-state index in [1.54, 1.807) is 24.3 Å². The lowest BCUT2D eigenvalue weighted by molar-refractivity contribution is -0.124. The number of ether oxygens (including phenoxy) is 1. The second-order valence-corrected chi connectivity index (χ2v) is 8.29. The molecule has 0 spiro atoms. The highest BCUT2D eigenvalue weighted by Gasteiger charge is 2.25. The molecule has 2 aromatic rings. The van der Waals surface area contributed by atoms with Gasteiger partial charge in [-0.3, -0.25) is 9.69 Å². The van der Waals surface area contributed by atoms with Crippen LogP contribution in [0.4, 0.5) is 5.69 Å². The minimum Gasteiger partial charge on any atom is -0.479 e. The first-order chi connectivity index (χ1) is 15.0. The molecule has 0 saturated carbocycles. The summed E-state index contributed by atoms with van der Waals surface area (Å²) >= 11 is 0. The monoisotopic (exact) mass is 420 g/mol. The van der Waals surface area contributed by atoms with Gasteiger partial charge in [-0.15, -0.1) is 0 Å². The van der Waals surface area contributed by atoms with Gasteiger partial charge in [0.25, 0.3) is 5.91 Å². The van der Waals surface area contributed by atoms with Crippen LogP contribution in [-0.4, -0.2) is 54.5 Å². The van der Waals surface area contributed by atoms with Crippen LogP contribution in [0.15, 0.2) is 48.5 Å². The van der Waals surface area contributed by atoms with Crippen LogP contribution in [0.3, 0.4) is 0 Å². The first-order valence-electron chi connectivity index (χ1n) is 11.0. The van der Waals surface area contributed by atoms with E-state index in [0.29, 0.717) is 11.3 Å². The van der Waals surface area contributed by atoms with Gasteiger partial charge in [-0.1, -0.05) is 45.0 Å². The summed E-state index contributed by atoms with van der Waals surface area (Å²) in [4.78, 5) is 17.8. The predicted molar refractivity (Wildman–Crippen MR) is 123 cm³/mol. The molecular weight excluding hydrogens is 388 g/mol. The minimum absolute atomic E-state index is 0.0483. The van der Waals surface area contributed by atoms with E-state index < -0.39 is 6.10 Å². The van der Waals surface area contributed by atoms with Gasteiger partial charge in [0.15, 0.2) is 6.10 Å². The van der Waals surface area contributed by atoms with Crippen molar-refractivity contribution in [2.75, 3.05) is 38.0 Å². The highest BCUT2D eigenvalue weighted by atomic mass is 16.5. The summed E-state index contributed by atoms with van der Waals surface area (Å²) in [5.74, 6) is 0.163. The molecule has 0 bridgehead atoms. The number of amides is 1. The summed E-state index contributed by atoms with van der Waals surface area (Å²) in [6.07, 6.45) is -0.691. The largest absolute Gasteiger partial charge is 0.479 e. The van der Waals surface area contributed by atoms with E-state index >= 15 is 0 Å². The van der Waals surface area contributed by atoms with Gasteiger partial charge in [-0.05, 0) is 42.3 Å². The third-order valence-electron chi connectivity index (χ3n) is 5.67. The molecule has 1 unspecified atom stereocenters. The molecule has 31 heavy (non-hydrogen) atoms. The first kappa shape index (κ1) is 22.8. The van der Waals surface area contributed by atoms with E-state index in [1.165, 1.54) is 5.56 Å². The molecule has 1 fully saturated rings. The number of nitrogens with one attached hydrogen (secondary N) is 1. The summed E-state index contributed by atoms with van der Waals surface area (Å²) in [6, 6.07) is 17.1. The Morgan fingerprint density at radius 2 is 1.71 bits per heavy atom. The van der Waals surface area contributed by atoms with Gasteiger partial charge in [0.05, 0.1) is 5.56 Å². The van der Waals surface area contributed by atoms with Crippen LogP contribution in [0.5, 0.6) is 5.75 Å². The van der Waals surface area contributed by atoms with Crippen LogP contribution in [0.25, 0.3) is 0 Å². The van der Waals surface area contributed by atoms with Crippen LogP contribution >= 0.6 is 0 Å². The molecular formula is C25H32N4O2. The van der Waals surface area contributed by atoms with Gasteiger partial charge in [0.1, 0.15) is 11.8 Å². The Bertz CT molecular complexity index is 896. The molecule has 6 nitrogen and oxygen atoms in total. The van der Waals surface area contributed by atoms with Gasteiger partial charge < -0.3 is 15.0 Å². The van der Waals surface area contributed by atoms with Crippen molar-refractivity contribution in [1.82, 2.24) is 9.80 Å². The van der Waals surface area contributed by atoms with E-state index in [4.69, 9.17) is 4.74 Å². The number of benzene rings is 2. The number of rotatable bonds is 8. The number of carbonyl (C=O) groups excluding carboxylic acids is 1. The average molecular weight is 421 g/mol. The standard InChI is InChI=1S/C25H32N4O2/c1-4-28-13-15-29(16-14-28)18-20-9-11-22(12-10-20)27-25(30)24(19(2)3)31-23-8-6-5-7-21(23)17-26/h5-12,19,24H,4,13-16,18H2,1-3H3,(H,27,30). The van der Waals surface area contributed by atoms with Crippen LogP contribution in [0, 0.1) is 17.2 Å². The lowest BCUT2D eigenvalue weighted by Crippen LogP contribution is -2.45. The number of para-hydroxylation sites is 1. The molecule has 0 aliphatic carbocycles. The number of piperazine rings is 1. The Labute approximate surface area is 185 Å². The molecule has 1 N–H and O–H groups in total. The summed E-state index contributed by atoms with van der Waals surface area (Å²) in [5.41, 5.74) is 2.40. The second kappa shape index (κ2) is 10.9. The van der Waals surface area contributed by atoms with Gasteiger partial charge in [-0.2, -0.15) is 5.26 Å². The van der Waals surface area contributed by atoms with Crippen molar-refractivity contribution in [3.8, 4) is 11.8 Å². The lowest BCUT2D eigenvalue weighted by Gasteiger charge is -2.34. The molecule has 6 heteroatoms. The molecule has 1 heterocycles. The second-order valence-electron chi connectivity index (χ2n) is 8.29. The van der Waals surface area contributed by atoms with Gasteiger partial charge in [0, 0.05) is 38.4 Å². The van der Waals surface area contributed by atoms with E-state index in [-0.39, 0.29) is 11.8 Å². The fourth-order valence-corrected chi connectivity index (χ4v) is 3.72. The zero-order chi connectivity index (χ0) is 22.2. The number of hydrogen-bond acceptors (Lipinski definition) is 5. The van der Waals surface area contributed by atoms with Crippen molar-refractivity contribution in [1.29, 1.82) is 5.26 Å². The van der Waals surface area contributed by atoms with Crippen LogP contribution in [0.2, 0.25) is 0 Å². The third-order valence-corrected chi connectivity index (χ3v) is 5.67. The van der Waals surface area contributed by atoms with E-state index in [1.807, 2.05) is 26.0 Å². The molecule has 1 aliphatic rings. The zero-order valence-corrected chi connectivity index (χ0v) is 18.7. The topological polar surface area (TPSA) is 68.6 Å². The number of likely N-dealkylation sites (N-methyl/N-ethyl adjacent to an activating group) is 1. The molecule has 1 aliphatic heterocycles. The number of carbonyl (C=O) groups is 1. The molecule has 164 valence electrons. The van der Waals surface area contributed by atoms with Crippen LogP contribution in [0.1, 0.15) is 31.9 Å². The van der Waals surface area contributed by atoms with E-state index in [9.17, 15) is 10.1 Å². The third kappa shape index (κ3) is 6.30. The average Bonchev–Trinajstić information content (AvgIpc) is 2.79. The fraction of sp³-hybridized carbons (Fsp3) is 0.440. The maximum absolute atomic E-state index is 12.9. The SMILES string of the molecule is CCN1CCN(Cc2ccc(NC(=O)C(Oc3ccccc3C#N)C(C)C)cc2)CC1. The van der Waals surface area contributed by atoms with Crippen molar-refractivity contribution in [3.63, 3.8) is 0 Å². The lowest BCUT2D eigenvalue weighted by atomic mass is 10.1. The quantitative estimate of drug-likeness (QED) is 0.705. The molecule has 1 amide bonds. The fourth-order valence-electron chi connectivity index (χ4n) is 3.72. The van der Waals surface area contributed by atoms with E-state index in [0.717, 1.165) is 45.0 Å². The Morgan fingerprint density at radius 1 is 1.06 bits per heavy atom. The van der Waals surface area contributed by atoms with Crippen molar-refractivity contribution in [2.24, 2.45) is 5.92 Å². The Hall–Kier alpha value is -2.88. The van der Waals surface area contributed by atoms with Gasteiger partial charge in [-0.25, -0.2) is 0 Å². The summed E-state index contributed by atoms with van der Waals surface area (Å²) in [5, 5.41) is 12.2. The number of nitrogens with zero attached hydrogens (tertiary/aromatic N) is 3. The van der Waals surface area contributed by atoms with Crippen molar-refractivity contribution < 1.29 is 9.53 Å². The van der Waals surface area contributed by atoms with E-state index in [2.05, 4.69) is 40.2 Å². The van der Waals surface area contributed by atoms with Crippen molar-refractivity contribution >= 4 is 11.6 Å². The van der Waals surface area contributed by atoms with Crippen LogP contribution < -0.4 is 10.1 Å². The summed E-state index contributed by atoms with van der Waals surface area (Å²) in [7, 11) is 0. The Morgan fingerprint density at radius 3 is 2.32 bits per heavy atom. The van der Waals surface area contributed by atoms with Crippen molar-refractivity contribution in [2.45, 2.75) is 33.4 Å². The Balaban J connectivity index is 1.59. The number of hydrogen-bond donors (Lipinski definition) is 1. The van der Waals surface area contributed by atoms with Gasteiger partial charge in [0.2, 0.25) is 0 Å². The Kier molecular flexibility index (Phi) is 8.05. The summed E-state index contributed by atoms with van der Waals surface area (Å²) in [6.45, 7) is 12.5. The zero-order valence-electron chi connectivity index (χ0n) is 18.7. The maximum Gasteiger partial charge on any atom is 0.265 e. The molecule has 1 saturated heterocycles. The normalized spacial score (nSPS) is 16.0. The number of nitriles is 1. The molecule has 2 aromatic carbocycles. The smallest absolute Gasteiger partial charge is 0.265 e. The highest BCUT2D eigenvalue weighted by molar-refractivity contribution is 5.94. The molecule has 1 atom stereocenters. The molecule has 0 radical (unpaired) electrons. The van der Waals surface area contributed by atoms with Crippen LogP contribution in [-0.2, 0) is 11.3 Å². The number of anilines is 1. The highest BCUT2D eigenvalue weighted by Crippen LogP contribution is 2.22.